The molecule has 0 aromatic heterocycles. The molecule has 0 bridgehead atoms. The highest BCUT2D eigenvalue weighted by molar-refractivity contribution is 5.94. The second-order valence-corrected chi connectivity index (χ2v) is 6.96. The van der Waals surface area contributed by atoms with Gasteiger partial charge in [0.2, 0.25) is 11.8 Å². The number of rotatable bonds is 7. The van der Waals surface area contributed by atoms with E-state index in [1.807, 2.05) is 18.2 Å². The van der Waals surface area contributed by atoms with Crippen molar-refractivity contribution in [2.75, 3.05) is 26.2 Å². The molecule has 3 amide bonds. The lowest BCUT2D eigenvalue weighted by atomic mass is 9.94. The van der Waals surface area contributed by atoms with Crippen LogP contribution in [0.25, 0.3) is 0 Å². The molecule has 2 N–H and O–H groups in total. The number of likely N-dealkylation sites (tertiary alicyclic amines) is 1. The van der Waals surface area contributed by atoms with Gasteiger partial charge in [-0.2, -0.15) is 0 Å². The van der Waals surface area contributed by atoms with Crippen LogP contribution >= 0.6 is 0 Å². The summed E-state index contributed by atoms with van der Waals surface area (Å²) in [7, 11) is 0. The van der Waals surface area contributed by atoms with Crippen molar-refractivity contribution >= 4 is 23.7 Å². The fourth-order valence-electron chi connectivity index (χ4n) is 3.31. The highest BCUT2D eigenvalue weighted by atomic mass is 16.4. The number of benzene rings is 1. The lowest BCUT2D eigenvalue weighted by Crippen LogP contribution is -2.51. The van der Waals surface area contributed by atoms with Crippen LogP contribution in [-0.2, 0) is 14.4 Å². The van der Waals surface area contributed by atoms with Crippen LogP contribution in [0, 0.1) is 5.92 Å². The Hall–Kier alpha value is -2.90. The Morgan fingerprint density at radius 3 is 2.32 bits per heavy atom. The largest absolute Gasteiger partial charge is 0.480 e. The van der Waals surface area contributed by atoms with Gasteiger partial charge in [-0.15, -0.1) is 0 Å². The van der Waals surface area contributed by atoms with E-state index in [9.17, 15) is 24.3 Å². The molecule has 8 nitrogen and oxygen atoms in total. The molecule has 1 aromatic rings. The number of hydrogen-bond acceptors (Lipinski definition) is 4. The van der Waals surface area contributed by atoms with Crippen molar-refractivity contribution in [2.24, 2.45) is 5.92 Å². The first-order chi connectivity index (χ1) is 13.3. The van der Waals surface area contributed by atoms with Gasteiger partial charge in [0.1, 0.15) is 6.04 Å². The number of piperidine rings is 1. The number of carboxylic acids is 1. The van der Waals surface area contributed by atoms with Crippen molar-refractivity contribution in [2.45, 2.75) is 32.7 Å². The molecule has 2 rings (SSSR count). The maximum Gasteiger partial charge on any atom is 0.326 e. The normalized spacial score (nSPS) is 15.6. The van der Waals surface area contributed by atoms with E-state index in [-0.39, 0.29) is 36.7 Å². The minimum absolute atomic E-state index is 0.0621. The summed E-state index contributed by atoms with van der Waals surface area (Å²) in [4.78, 5) is 50.9. The second kappa shape index (κ2) is 9.87. The monoisotopic (exact) mass is 389 g/mol. The summed E-state index contributed by atoms with van der Waals surface area (Å²) in [5.41, 5.74) is 0.615. The van der Waals surface area contributed by atoms with E-state index in [4.69, 9.17) is 0 Å². The third-order valence-electron chi connectivity index (χ3n) is 4.99. The van der Waals surface area contributed by atoms with E-state index in [1.165, 1.54) is 18.7 Å². The van der Waals surface area contributed by atoms with Crippen LogP contribution in [0.3, 0.4) is 0 Å². The number of carbonyl (C=O) groups is 4. The van der Waals surface area contributed by atoms with E-state index in [0.29, 0.717) is 31.5 Å². The number of hydrogen-bond donors (Lipinski definition) is 2. The van der Waals surface area contributed by atoms with Gasteiger partial charge < -0.3 is 20.2 Å². The number of nitrogens with zero attached hydrogens (tertiary/aromatic N) is 2. The second-order valence-electron chi connectivity index (χ2n) is 6.96. The summed E-state index contributed by atoms with van der Waals surface area (Å²) in [6.07, 6.45) is 0.973. The van der Waals surface area contributed by atoms with Gasteiger partial charge in [-0.3, -0.25) is 14.4 Å². The highest BCUT2D eigenvalue weighted by Gasteiger charge is 2.34. The molecule has 0 aliphatic carbocycles. The van der Waals surface area contributed by atoms with Crippen molar-refractivity contribution in [3.8, 4) is 0 Å². The summed E-state index contributed by atoms with van der Waals surface area (Å²) in [6.45, 7) is 4.06. The molecule has 0 saturated carbocycles. The summed E-state index contributed by atoms with van der Waals surface area (Å²) < 4.78 is 0. The summed E-state index contributed by atoms with van der Waals surface area (Å²) in [5, 5.41) is 11.9. The van der Waals surface area contributed by atoms with Crippen LogP contribution in [0.1, 0.15) is 37.0 Å². The molecule has 1 fully saturated rings. The Labute approximate surface area is 164 Å². The first-order valence-corrected chi connectivity index (χ1v) is 9.43. The molecule has 1 atom stereocenters. The van der Waals surface area contributed by atoms with Crippen LogP contribution in [0.2, 0.25) is 0 Å². The zero-order chi connectivity index (χ0) is 20.7. The predicted octanol–water partition coefficient (Wildman–Crippen LogP) is 0.977. The third kappa shape index (κ3) is 5.55. The first-order valence-electron chi connectivity index (χ1n) is 9.43. The number of carbonyl (C=O) groups excluding carboxylic acids is 3. The molecular formula is C20H27N3O5. The number of nitrogens with one attached hydrogen (secondary N) is 1. The molecule has 28 heavy (non-hydrogen) atoms. The number of carboxylic acid groups (broad SMARTS) is 1. The van der Waals surface area contributed by atoms with E-state index < -0.39 is 12.0 Å². The molecule has 1 saturated heterocycles. The van der Waals surface area contributed by atoms with E-state index in [1.54, 1.807) is 17.0 Å². The smallest absolute Gasteiger partial charge is 0.326 e. The van der Waals surface area contributed by atoms with Gasteiger partial charge in [-0.25, -0.2) is 4.79 Å². The van der Waals surface area contributed by atoms with E-state index in [0.717, 1.165) is 0 Å². The molecule has 8 heteroatoms. The average molecular weight is 389 g/mol. The van der Waals surface area contributed by atoms with Crippen molar-refractivity contribution in [3.05, 3.63) is 35.9 Å². The highest BCUT2D eigenvalue weighted by Crippen LogP contribution is 2.22. The molecule has 1 heterocycles. The molecule has 0 spiro atoms. The lowest BCUT2D eigenvalue weighted by molar-refractivity contribution is -0.151. The Morgan fingerprint density at radius 1 is 1.18 bits per heavy atom. The number of aliphatic carboxylic acids is 1. The van der Waals surface area contributed by atoms with Gasteiger partial charge >= 0.3 is 5.97 Å². The zero-order valence-corrected chi connectivity index (χ0v) is 16.3. The summed E-state index contributed by atoms with van der Waals surface area (Å²) in [6, 6.07) is 8.01. The van der Waals surface area contributed by atoms with Crippen LogP contribution in [0.4, 0.5) is 0 Å². The van der Waals surface area contributed by atoms with Crippen molar-refractivity contribution in [3.63, 3.8) is 0 Å². The fraction of sp³-hybridized carbons (Fsp3) is 0.500. The summed E-state index contributed by atoms with van der Waals surface area (Å²) in [5.74, 6) is -1.96. The van der Waals surface area contributed by atoms with Crippen molar-refractivity contribution < 1.29 is 24.3 Å². The van der Waals surface area contributed by atoms with Crippen LogP contribution in [0.5, 0.6) is 0 Å². The Morgan fingerprint density at radius 2 is 1.79 bits per heavy atom. The Kier molecular flexibility index (Phi) is 7.54. The van der Waals surface area contributed by atoms with E-state index in [2.05, 4.69) is 5.32 Å². The lowest BCUT2D eigenvalue weighted by Gasteiger charge is -2.35. The van der Waals surface area contributed by atoms with Gasteiger partial charge in [0, 0.05) is 44.6 Å². The van der Waals surface area contributed by atoms with Gasteiger partial charge in [0.05, 0.1) is 0 Å². The van der Waals surface area contributed by atoms with Gasteiger partial charge in [0.25, 0.3) is 5.91 Å². The maximum atomic E-state index is 12.9. The maximum absolute atomic E-state index is 12.9. The SMILES string of the molecule is CC(=O)NCCN(C(=O)C1CCN(C(=O)c2ccccc2)CC1)C(C)C(=O)O. The third-order valence-corrected chi connectivity index (χ3v) is 4.99. The quantitative estimate of drug-likeness (QED) is 0.723. The van der Waals surface area contributed by atoms with E-state index >= 15 is 0 Å². The molecule has 1 aliphatic heterocycles. The average Bonchev–Trinajstić information content (AvgIpc) is 2.70. The minimum Gasteiger partial charge on any atom is -0.480 e. The van der Waals surface area contributed by atoms with Crippen LogP contribution in [-0.4, -0.2) is 70.8 Å². The number of amides is 3. The Balaban J connectivity index is 1.97. The van der Waals surface area contributed by atoms with Crippen LogP contribution in [0.15, 0.2) is 30.3 Å². The molecule has 1 aromatic carbocycles. The molecular weight excluding hydrogens is 362 g/mol. The van der Waals surface area contributed by atoms with Crippen LogP contribution < -0.4 is 5.32 Å². The predicted molar refractivity (Wildman–Crippen MR) is 103 cm³/mol. The molecule has 152 valence electrons. The molecule has 0 radical (unpaired) electrons. The Bertz CT molecular complexity index is 714. The van der Waals surface area contributed by atoms with Gasteiger partial charge in [0.15, 0.2) is 0 Å². The van der Waals surface area contributed by atoms with Gasteiger partial charge in [-0.1, -0.05) is 18.2 Å². The first kappa shape index (κ1) is 21.4. The van der Waals surface area contributed by atoms with Gasteiger partial charge in [-0.05, 0) is 31.9 Å². The molecule has 1 aliphatic rings. The topological polar surface area (TPSA) is 107 Å². The standard InChI is InChI=1S/C20H27N3O5/c1-14(20(27)28)23(13-10-21-15(2)24)19(26)17-8-11-22(12-9-17)18(25)16-6-4-3-5-7-16/h3-7,14,17H,8-13H2,1-2H3,(H,21,24)(H,27,28). The zero-order valence-electron chi connectivity index (χ0n) is 16.3. The van der Waals surface area contributed by atoms with Crippen molar-refractivity contribution in [1.29, 1.82) is 0 Å². The molecule has 1 unspecified atom stereocenters. The summed E-state index contributed by atoms with van der Waals surface area (Å²) >= 11 is 0. The minimum atomic E-state index is -1.09. The fourth-order valence-corrected chi connectivity index (χ4v) is 3.31. The van der Waals surface area contributed by atoms with Crippen molar-refractivity contribution in [1.82, 2.24) is 15.1 Å².